The molecule has 30 heavy (non-hydrogen) atoms. The van der Waals surface area contributed by atoms with Crippen molar-refractivity contribution in [1.82, 2.24) is 10.2 Å². The van der Waals surface area contributed by atoms with E-state index >= 15 is 0 Å². The maximum absolute atomic E-state index is 13.1. The van der Waals surface area contributed by atoms with Crippen molar-refractivity contribution in [1.29, 1.82) is 0 Å². The van der Waals surface area contributed by atoms with E-state index in [1.165, 1.54) is 12.1 Å². The second-order valence-electron chi connectivity index (χ2n) is 7.26. The van der Waals surface area contributed by atoms with Gasteiger partial charge in [0.15, 0.2) is 5.82 Å². The van der Waals surface area contributed by atoms with E-state index in [0.717, 1.165) is 48.7 Å². The molecule has 1 aliphatic rings. The van der Waals surface area contributed by atoms with Crippen LogP contribution in [0.15, 0.2) is 60.7 Å². The van der Waals surface area contributed by atoms with Gasteiger partial charge < -0.3 is 15.0 Å². The van der Waals surface area contributed by atoms with Crippen molar-refractivity contribution in [2.75, 3.05) is 30.4 Å². The Morgan fingerprint density at radius 2 is 1.70 bits per heavy atom. The number of methoxy groups -OCH3 is 1. The van der Waals surface area contributed by atoms with Crippen LogP contribution >= 0.6 is 0 Å². The van der Waals surface area contributed by atoms with Gasteiger partial charge in [-0.3, -0.25) is 4.79 Å². The van der Waals surface area contributed by atoms with Crippen LogP contribution in [0.4, 0.5) is 15.9 Å². The normalized spacial score (nSPS) is 14.4. The number of ether oxygens (including phenoxy) is 1. The number of hydrogen-bond acceptors (Lipinski definition) is 5. The van der Waals surface area contributed by atoms with Crippen LogP contribution in [0.25, 0.3) is 11.3 Å². The van der Waals surface area contributed by atoms with Gasteiger partial charge in [0, 0.05) is 30.3 Å². The molecule has 1 N–H and O–H groups in total. The SMILES string of the molecule is COc1ccc(NC(=O)C2CCN(c3ccc(-c4ccc(F)cc4)nn3)CC2)cc1. The summed E-state index contributed by atoms with van der Waals surface area (Å²) in [7, 11) is 1.61. The highest BCUT2D eigenvalue weighted by atomic mass is 19.1. The van der Waals surface area contributed by atoms with Crippen molar-refractivity contribution in [3.8, 4) is 17.0 Å². The van der Waals surface area contributed by atoms with Gasteiger partial charge in [-0.15, -0.1) is 10.2 Å². The minimum Gasteiger partial charge on any atom is -0.497 e. The number of amides is 1. The Morgan fingerprint density at radius 1 is 1.00 bits per heavy atom. The third kappa shape index (κ3) is 4.56. The first-order valence-electron chi connectivity index (χ1n) is 9.92. The summed E-state index contributed by atoms with van der Waals surface area (Å²) >= 11 is 0. The van der Waals surface area contributed by atoms with Gasteiger partial charge in [-0.1, -0.05) is 0 Å². The second-order valence-corrected chi connectivity index (χ2v) is 7.26. The molecule has 0 bridgehead atoms. The van der Waals surface area contributed by atoms with E-state index < -0.39 is 0 Å². The molecule has 0 saturated carbocycles. The van der Waals surface area contributed by atoms with Crippen LogP contribution in [0.2, 0.25) is 0 Å². The van der Waals surface area contributed by atoms with Crippen molar-refractivity contribution in [2.45, 2.75) is 12.8 Å². The molecule has 1 saturated heterocycles. The Labute approximate surface area is 174 Å². The zero-order valence-corrected chi connectivity index (χ0v) is 16.7. The molecule has 154 valence electrons. The van der Waals surface area contributed by atoms with Crippen LogP contribution in [0.3, 0.4) is 0 Å². The summed E-state index contributed by atoms with van der Waals surface area (Å²) in [4.78, 5) is 14.7. The average Bonchev–Trinajstić information content (AvgIpc) is 2.80. The van der Waals surface area contributed by atoms with Crippen LogP contribution in [-0.4, -0.2) is 36.3 Å². The van der Waals surface area contributed by atoms with Gasteiger partial charge in [-0.25, -0.2) is 4.39 Å². The third-order valence-corrected chi connectivity index (χ3v) is 5.34. The third-order valence-electron chi connectivity index (χ3n) is 5.34. The summed E-state index contributed by atoms with van der Waals surface area (Å²) in [6.45, 7) is 1.48. The molecule has 0 aliphatic carbocycles. The monoisotopic (exact) mass is 406 g/mol. The summed E-state index contributed by atoms with van der Waals surface area (Å²) in [5.74, 6) is 1.28. The lowest BCUT2D eigenvalue weighted by atomic mass is 9.95. The van der Waals surface area contributed by atoms with Crippen LogP contribution in [0, 0.1) is 11.7 Å². The van der Waals surface area contributed by atoms with E-state index in [9.17, 15) is 9.18 Å². The number of piperidine rings is 1. The fraction of sp³-hybridized carbons (Fsp3) is 0.261. The van der Waals surface area contributed by atoms with E-state index in [2.05, 4.69) is 20.4 Å². The summed E-state index contributed by atoms with van der Waals surface area (Å²) in [5.41, 5.74) is 2.29. The van der Waals surface area contributed by atoms with Crippen LogP contribution in [0.1, 0.15) is 12.8 Å². The molecule has 1 amide bonds. The molecule has 1 aliphatic heterocycles. The Balaban J connectivity index is 1.32. The number of benzene rings is 2. The van der Waals surface area contributed by atoms with Gasteiger partial charge in [-0.05, 0) is 73.5 Å². The summed E-state index contributed by atoms with van der Waals surface area (Å²) in [6, 6.07) is 17.3. The van der Waals surface area contributed by atoms with Gasteiger partial charge in [0.05, 0.1) is 12.8 Å². The van der Waals surface area contributed by atoms with Crippen molar-refractivity contribution in [3.05, 3.63) is 66.5 Å². The molecule has 6 nitrogen and oxygen atoms in total. The van der Waals surface area contributed by atoms with Gasteiger partial charge >= 0.3 is 0 Å². The fourth-order valence-electron chi connectivity index (χ4n) is 3.56. The number of carbonyl (C=O) groups excluding carboxylic acids is 1. The smallest absolute Gasteiger partial charge is 0.227 e. The first kappa shape index (κ1) is 19.8. The van der Waals surface area contributed by atoms with E-state index in [1.807, 2.05) is 36.4 Å². The number of nitrogens with zero attached hydrogens (tertiary/aromatic N) is 3. The maximum Gasteiger partial charge on any atom is 0.227 e. The summed E-state index contributed by atoms with van der Waals surface area (Å²) in [6.07, 6.45) is 1.51. The zero-order chi connectivity index (χ0) is 20.9. The highest BCUT2D eigenvalue weighted by Crippen LogP contribution is 2.25. The van der Waals surface area contributed by atoms with Gasteiger partial charge in [0.1, 0.15) is 11.6 Å². The molecule has 1 fully saturated rings. The number of aromatic nitrogens is 2. The summed E-state index contributed by atoms with van der Waals surface area (Å²) in [5, 5.41) is 11.6. The largest absolute Gasteiger partial charge is 0.497 e. The van der Waals surface area contributed by atoms with E-state index in [-0.39, 0.29) is 17.6 Å². The average molecular weight is 406 g/mol. The molecule has 7 heteroatoms. The minimum atomic E-state index is -0.276. The van der Waals surface area contributed by atoms with E-state index in [1.54, 1.807) is 19.2 Å². The predicted molar refractivity (Wildman–Crippen MR) is 114 cm³/mol. The first-order valence-corrected chi connectivity index (χ1v) is 9.92. The molecule has 4 rings (SSSR count). The van der Waals surface area contributed by atoms with Crippen LogP contribution < -0.4 is 15.0 Å². The molecule has 1 aromatic heterocycles. The lowest BCUT2D eigenvalue weighted by Gasteiger charge is -2.31. The van der Waals surface area contributed by atoms with E-state index in [0.29, 0.717) is 5.69 Å². The first-order chi connectivity index (χ1) is 14.6. The van der Waals surface area contributed by atoms with Crippen molar-refractivity contribution < 1.29 is 13.9 Å². The number of carbonyl (C=O) groups is 1. The number of rotatable bonds is 5. The topological polar surface area (TPSA) is 67.3 Å². The van der Waals surface area contributed by atoms with E-state index in [4.69, 9.17) is 4.74 Å². The zero-order valence-electron chi connectivity index (χ0n) is 16.7. The summed E-state index contributed by atoms with van der Waals surface area (Å²) < 4.78 is 18.2. The van der Waals surface area contributed by atoms with Crippen molar-refractivity contribution in [2.24, 2.45) is 5.92 Å². The lowest BCUT2D eigenvalue weighted by molar-refractivity contribution is -0.120. The number of nitrogens with one attached hydrogen (secondary N) is 1. The predicted octanol–water partition coefficient (Wildman–Crippen LogP) is 4.15. The highest BCUT2D eigenvalue weighted by molar-refractivity contribution is 5.92. The van der Waals surface area contributed by atoms with Crippen molar-refractivity contribution in [3.63, 3.8) is 0 Å². The molecule has 0 radical (unpaired) electrons. The molecule has 2 aromatic carbocycles. The molecular formula is C23H23FN4O2. The van der Waals surface area contributed by atoms with Crippen LogP contribution in [-0.2, 0) is 4.79 Å². The van der Waals surface area contributed by atoms with Gasteiger partial charge in [0.2, 0.25) is 5.91 Å². The molecule has 0 atom stereocenters. The quantitative estimate of drug-likeness (QED) is 0.690. The molecular weight excluding hydrogens is 383 g/mol. The minimum absolute atomic E-state index is 0.0326. The Bertz CT molecular complexity index is 983. The molecule has 3 aromatic rings. The van der Waals surface area contributed by atoms with Gasteiger partial charge in [-0.2, -0.15) is 0 Å². The lowest BCUT2D eigenvalue weighted by Crippen LogP contribution is -2.38. The number of hydrogen-bond donors (Lipinski definition) is 1. The number of anilines is 2. The Kier molecular flexibility index (Phi) is 5.88. The highest BCUT2D eigenvalue weighted by Gasteiger charge is 2.26. The fourth-order valence-corrected chi connectivity index (χ4v) is 3.56. The maximum atomic E-state index is 13.1. The van der Waals surface area contributed by atoms with Crippen LogP contribution in [0.5, 0.6) is 5.75 Å². The van der Waals surface area contributed by atoms with Crippen molar-refractivity contribution >= 4 is 17.4 Å². The Hall–Kier alpha value is -3.48. The molecule has 2 heterocycles. The molecule has 0 spiro atoms. The standard InChI is InChI=1S/C23H23FN4O2/c1-30-20-8-6-19(7-9-20)25-23(29)17-12-14-28(15-13-17)22-11-10-21(26-27-22)16-2-4-18(24)5-3-16/h2-11,17H,12-15H2,1H3,(H,25,29). The number of halogens is 1. The molecule has 0 unspecified atom stereocenters. The van der Waals surface area contributed by atoms with Gasteiger partial charge in [0.25, 0.3) is 0 Å². The second kappa shape index (κ2) is 8.90. The Morgan fingerprint density at radius 3 is 2.30 bits per heavy atom.